The van der Waals surface area contributed by atoms with Gasteiger partial charge in [0.1, 0.15) is 0 Å². The van der Waals surface area contributed by atoms with Crippen LogP contribution in [-0.4, -0.2) is 11.5 Å². The van der Waals surface area contributed by atoms with E-state index in [0.29, 0.717) is 0 Å². The van der Waals surface area contributed by atoms with Crippen LogP contribution in [0.15, 0.2) is 11.4 Å². The van der Waals surface area contributed by atoms with E-state index < -0.39 is 0 Å². The summed E-state index contributed by atoms with van der Waals surface area (Å²) in [5.74, 6) is 1.76. The van der Waals surface area contributed by atoms with Crippen LogP contribution in [0.2, 0.25) is 0 Å². The molecule has 106 valence electrons. The van der Waals surface area contributed by atoms with Gasteiger partial charge in [-0.05, 0) is 36.8 Å². The molecule has 1 aliphatic rings. The summed E-state index contributed by atoms with van der Waals surface area (Å²) in [6.07, 6.45) is 6.74. The predicted molar refractivity (Wildman–Crippen MR) is 78.4 cm³/mol. The van der Waals surface area contributed by atoms with Crippen LogP contribution in [-0.2, 0) is 6.54 Å². The van der Waals surface area contributed by atoms with Crippen molar-refractivity contribution >= 4 is 16.3 Å². The highest BCUT2D eigenvalue weighted by Crippen LogP contribution is 2.30. The number of rotatable bonds is 6. The molecule has 0 radical (unpaired) electrons. The van der Waals surface area contributed by atoms with Crippen molar-refractivity contribution in [1.29, 1.82) is 0 Å². The van der Waals surface area contributed by atoms with Crippen molar-refractivity contribution in [2.75, 3.05) is 6.54 Å². The molecule has 1 heterocycles. The third-order valence-electron chi connectivity index (χ3n) is 3.92. The first-order valence-corrected chi connectivity index (χ1v) is 7.95. The van der Waals surface area contributed by atoms with Crippen LogP contribution in [0.25, 0.3) is 0 Å². The van der Waals surface area contributed by atoms with Crippen LogP contribution >= 0.6 is 11.3 Å². The molecular weight excluding hydrogens is 260 g/mol. The molecule has 2 atom stereocenters. The first kappa shape index (κ1) is 14.5. The number of nitrogens with one attached hydrogen (secondary N) is 1. The van der Waals surface area contributed by atoms with E-state index in [2.05, 4.69) is 12.2 Å². The Morgan fingerprint density at radius 2 is 2.37 bits per heavy atom. The molecule has 1 aromatic heterocycles. The van der Waals surface area contributed by atoms with Gasteiger partial charge >= 0.3 is 5.00 Å². The number of nitrogens with zero attached hydrogens (tertiary/aromatic N) is 1. The summed E-state index contributed by atoms with van der Waals surface area (Å²) in [5.41, 5.74) is 1.02. The molecule has 0 bridgehead atoms. The van der Waals surface area contributed by atoms with Crippen LogP contribution in [0.5, 0.6) is 0 Å². The normalized spacial score (nSPS) is 23.4. The Hall–Kier alpha value is -0.940. The molecule has 0 aliphatic heterocycles. The fraction of sp³-hybridized carbons (Fsp3) is 0.714. The zero-order valence-electron chi connectivity index (χ0n) is 11.4. The highest BCUT2D eigenvalue weighted by Gasteiger charge is 2.18. The molecule has 1 N–H and O–H groups in total. The van der Waals surface area contributed by atoms with Crippen LogP contribution in [0.4, 0.5) is 5.00 Å². The maximum atomic E-state index is 10.6. The summed E-state index contributed by atoms with van der Waals surface area (Å²) < 4.78 is 0. The Morgan fingerprint density at radius 1 is 1.53 bits per heavy atom. The lowest BCUT2D eigenvalue weighted by molar-refractivity contribution is -0.380. The summed E-state index contributed by atoms with van der Waals surface area (Å²) in [5, 5.41) is 16.1. The monoisotopic (exact) mass is 282 g/mol. The van der Waals surface area contributed by atoms with Crippen molar-refractivity contribution in [2.24, 2.45) is 11.8 Å². The molecule has 4 nitrogen and oxygen atoms in total. The molecule has 1 fully saturated rings. The molecule has 5 heteroatoms. The van der Waals surface area contributed by atoms with E-state index in [1.165, 1.54) is 43.4 Å². The summed E-state index contributed by atoms with van der Waals surface area (Å²) in [6.45, 7) is 4.11. The van der Waals surface area contributed by atoms with Gasteiger partial charge in [-0.1, -0.05) is 37.5 Å². The van der Waals surface area contributed by atoms with Crippen LogP contribution in [0.1, 0.15) is 44.6 Å². The number of nitro groups is 1. The molecule has 1 aromatic rings. The fourth-order valence-corrected chi connectivity index (χ4v) is 3.64. The van der Waals surface area contributed by atoms with E-state index in [1.54, 1.807) is 6.07 Å². The molecule has 0 amide bonds. The first-order chi connectivity index (χ1) is 9.15. The average Bonchev–Trinajstić information content (AvgIpc) is 2.84. The average molecular weight is 282 g/mol. The zero-order valence-corrected chi connectivity index (χ0v) is 12.2. The van der Waals surface area contributed by atoms with Crippen LogP contribution < -0.4 is 5.32 Å². The second-order valence-corrected chi connectivity index (χ2v) is 6.54. The van der Waals surface area contributed by atoms with Crippen molar-refractivity contribution in [3.05, 3.63) is 27.1 Å². The highest BCUT2D eigenvalue weighted by atomic mass is 32.1. The Labute approximate surface area is 118 Å². The van der Waals surface area contributed by atoms with Gasteiger partial charge in [0.25, 0.3) is 0 Å². The van der Waals surface area contributed by atoms with Crippen molar-refractivity contribution < 1.29 is 4.92 Å². The Morgan fingerprint density at radius 3 is 3.05 bits per heavy atom. The topological polar surface area (TPSA) is 55.2 Å². The minimum absolute atomic E-state index is 0.234. The van der Waals surface area contributed by atoms with E-state index in [9.17, 15) is 10.1 Å². The van der Waals surface area contributed by atoms with Gasteiger partial charge in [0.15, 0.2) is 0 Å². The van der Waals surface area contributed by atoms with E-state index in [1.807, 2.05) is 5.38 Å². The molecule has 2 rings (SSSR count). The summed E-state index contributed by atoms with van der Waals surface area (Å²) in [7, 11) is 0. The second-order valence-electron chi connectivity index (χ2n) is 5.65. The lowest BCUT2D eigenvalue weighted by Crippen LogP contribution is -2.20. The number of hydrogen-bond acceptors (Lipinski definition) is 4. The largest absolute Gasteiger partial charge is 0.324 e. The lowest BCUT2D eigenvalue weighted by atomic mass is 9.81. The molecule has 19 heavy (non-hydrogen) atoms. The quantitative estimate of drug-likeness (QED) is 0.488. The summed E-state index contributed by atoms with van der Waals surface area (Å²) in [6, 6.07) is 1.67. The van der Waals surface area contributed by atoms with Gasteiger partial charge in [0.05, 0.1) is 4.92 Å². The van der Waals surface area contributed by atoms with Gasteiger partial charge in [-0.2, -0.15) is 0 Å². The standard InChI is InChI=1S/C14H22N2O2S/c1-11-3-2-4-12(7-11)5-6-15-9-13-8-14(16(17)18)19-10-13/h8,10-12,15H,2-7,9H2,1H3. The highest BCUT2D eigenvalue weighted by molar-refractivity contribution is 7.13. The third kappa shape index (κ3) is 4.58. The smallest absolute Gasteiger partial charge is 0.313 e. The molecule has 0 saturated heterocycles. The number of thiophene rings is 1. The van der Waals surface area contributed by atoms with Gasteiger partial charge in [-0.25, -0.2) is 0 Å². The van der Waals surface area contributed by atoms with Crippen molar-refractivity contribution in [1.82, 2.24) is 5.32 Å². The molecule has 0 spiro atoms. The van der Waals surface area contributed by atoms with Crippen molar-refractivity contribution in [3.8, 4) is 0 Å². The Bertz CT molecular complexity index is 419. The van der Waals surface area contributed by atoms with Crippen LogP contribution in [0.3, 0.4) is 0 Å². The van der Waals surface area contributed by atoms with Gasteiger partial charge < -0.3 is 5.32 Å². The van der Waals surface area contributed by atoms with E-state index in [4.69, 9.17) is 0 Å². The molecule has 2 unspecified atom stereocenters. The zero-order chi connectivity index (χ0) is 13.7. The van der Waals surface area contributed by atoms with Gasteiger partial charge in [-0.15, -0.1) is 0 Å². The first-order valence-electron chi connectivity index (χ1n) is 7.07. The van der Waals surface area contributed by atoms with E-state index in [-0.39, 0.29) is 9.92 Å². The summed E-state index contributed by atoms with van der Waals surface area (Å²) >= 11 is 1.20. The Kier molecular flexibility index (Phi) is 5.34. The number of hydrogen-bond donors (Lipinski definition) is 1. The van der Waals surface area contributed by atoms with Crippen molar-refractivity contribution in [3.63, 3.8) is 0 Å². The van der Waals surface area contributed by atoms with Crippen LogP contribution in [0, 0.1) is 22.0 Å². The SMILES string of the molecule is CC1CCCC(CCNCc2csc([N+](=O)[O-])c2)C1. The Balaban J connectivity index is 1.64. The molecule has 1 aliphatic carbocycles. The van der Waals surface area contributed by atoms with Crippen molar-refractivity contribution in [2.45, 2.75) is 45.6 Å². The second kappa shape index (κ2) is 7.01. The minimum atomic E-state index is -0.322. The van der Waals surface area contributed by atoms with E-state index in [0.717, 1.165) is 30.5 Å². The van der Waals surface area contributed by atoms with Gasteiger partial charge in [-0.3, -0.25) is 10.1 Å². The molecule has 0 aromatic carbocycles. The van der Waals surface area contributed by atoms with Gasteiger partial charge in [0.2, 0.25) is 0 Å². The van der Waals surface area contributed by atoms with E-state index >= 15 is 0 Å². The fourth-order valence-electron chi connectivity index (χ4n) is 2.91. The summed E-state index contributed by atoms with van der Waals surface area (Å²) in [4.78, 5) is 10.3. The van der Waals surface area contributed by atoms with Gasteiger partial charge in [0, 0.05) is 18.0 Å². The molecule has 1 saturated carbocycles. The lowest BCUT2D eigenvalue weighted by Gasteiger charge is -2.26. The third-order valence-corrected chi connectivity index (χ3v) is 4.85. The maximum Gasteiger partial charge on any atom is 0.324 e. The minimum Gasteiger partial charge on any atom is -0.313 e. The maximum absolute atomic E-state index is 10.6. The predicted octanol–water partition coefficient (Wildman–Crippen LogP) is 3.96. The molecular formula is C14H22N2O2S.